The van der Waals surface area contributed by atoms with Crippen LogP contribution < -0.4 is 5.32 Å². The van der Waals surface area contributed by atoms with Crippen molar-refractivity contribution >= 4 is 21.6 Å². The summed E-state index contributed by atoms with van der Waals surface area (Å²) in [4.78, 5) is 11.9. The highest BCUT2D eigenvalue weighted by molar-refractivity contribution is 7.90. The number of hydrogen-bond acceptors (Lipinski definition) is 4. The number of aryl methyl sites for hydroxylation is 1. The molecule has 1 aliphatic heterocycles. The molecule has 6 heteroatoms. The minimum Gasteiger partial charge on any atom is -0.448 e. The Morgan fingerprint density at radius 1 is 1.12 bits per heavy atom. The molecule has 3 rings (SSSR count). The van der Waals surface area contributed by atoms with Gasteiger partial charge in [0.2, 0.25) is 0 Å². The monoisotopic (exact) mass is 359 g/mol. The first-order valence-corrected chi connectivity index (χ1v) is 9.69. The fraction of sp³-hybridized carbons (Fsp3) is 0.316. The van der Waals surface area contributed by atoms with Crippen molar-refractivity contribution < 1.29 is 17.9 Å². The van der Waals surface area contributed by atoms with Gasteiger partial charge in [-0.25, -0.2) is 13.2 Å². The summed E-state index contributed by atoms with van der Waals surface area (Å²) < 4.78 is 30.5. The Morgan fingerprint density at radius 3 is 2.48 bits per heavy atom. The van der Waals surface area contributed by atoms with E-state index in [4.69, 9.17) is 4.74 Å². The van der Waals surface area contributed by atoms with Crippen LogP contribution in [0, 0.1) is 6.92 Å². The number of carbonyl (C=O) groups excluding carboxylic acids is 1. The van der Waals surface area contributed by atoms with Crippen LogP contribution in [0.3, 0.4) is 0 Å². The van der Waals surface area contributed by atoms with Crippen LogP contribution in [0.2, 0.25) is 0 Å². The van der Waals surface area contributed by atoms with E-state index in [0.29, 0.717) is 16.1 Å². The fourth-order valence-electron chi connectivity index (χ4n) is 2.87. The molecule has 0 unspecified atom stereocenters. The van der Waals surface area contributed by atoms with Crippen molar-refractivity contribution in [2.24, 2.45) is 0 Å². The number of cyclic esters (lactones) is 1. The van der Waals surface area contributed by atoms with Crippen molar-refractivity contribution in [3.63, 3.8) is 0 Å². The summed E-state index contributed by atoms with van der Waals surface area (Å²) in [6, 6.07) is 12.2. The molecule has 0 radical (unpaired) electrons. The van der Waals surface area contributed by atoms with Gasteiger partial charge in [-0.05, 0) is 36.2 Å². The number of ether oxygens (including phenoxy) is 1. The highest BCUT2D eigenvalue weighted by Crippen LogP contribution is 2.34. The lowest BCUT2D eigenvalue weighted by Gasteiger charge is -2.24. The summed E-state index contributed by atoms with van der Waals surface area (Å²) in [5, 5.41) is 2.70. The van der Waals surface area contributed by atoms with Crippen LogP contribution in [0.25, 0.3) is 0 Å². The third-order valence-electron chi connectivity index (χ3n) is 4.35. The lowest BCUT2D eigenvalue weighted by molar-refractivity contribution is 0.140. The van der Waals surface area contributed by atoms with Crippen molar-refractivity contribution in [3.8, 4) is 0 Å². The molecule has 0 aliphatic carbocycles. The molecule has 2 aromatic rings. The first kappa shape index (κ1) is 17.5. The average Bonchev–Trinajstić information content (AvgIpc) is 2.65. The zero-order chi connectivity index (χ0) is 18.2. The van der Waals surface area contributed by atoms with Gasteiger partial charge < -0.3 is 4.74 Å². The standard InChI is InChI=1S/C19H21NO4S/c1-13-4-7-15(8-5-13)25(22,23)11-14-6-9-17-16(10-14)19(2,3)12-24-18(21)20-17/h4-10H,11-12H2,1-3H3,(H,20,21). The van der Waals surface area contributed by atoms with Gasteiger partial charge in [-0.2, -0.15) is 0 Å². The number of sulfone groups is 1. The Morgan fingerprint density at radius 2 is 1.80 bits per heavy atom. The minimum atomic E-state index is -3.43. The SMILES string of the molecule is Cc1ccc(S(=O)(=O)Cc2ccc3c(c2)C(C)(C)COC(=O)N3)cc1. The Kier molecular flexibility index (Phi) is 4.33. The summed E-state index contributed by atoms with van der Waals surface area (Å²) in [6.07, 6.45) is -0.494. The molecule has 0 saturated heterocycles. The average molecular weight is 359 g/mol. The van der Waals surface area contributed by atoms with Crippen molar-refractivity contribution in [1.29, 1.82) is 0 Å². The first-order valence-electron chi connectivity index (χ1n) is 8.04. The van der Waals surface area contributed by atoms with Gasteiger partial charge in [0, 0.05) is 11.1 Å². The van der Waals surface area contributed by atoms with E-state index >= 15 is 0 Å². The number of carbonyl (C=O) groups is 1. The lowest BCUT2D eigenvalue weighted by atomic mass is 9.84. The predicted octanol–water partition coefficient (Wildman–Crippen LogP) is 3.81. The van der Waals surface area contributed by atoms with Crippen LogP contribution in [0.1, 0.15) is 30.5 Å². The van der Waals surface area contributed by atoms with E-state index in [2.05, 4.69) is 5.32 Å². The van der Waals surface area contributed by atoms with Crippen LogP contribution in [-0.2, 0) is 25.7 Å². The van der Waals surface area contributed by atoms with Gasteiger partial charge >= 0.3 is 6.09 Å². The predicted molar refractivity (Wildman–Crippen MR) is 96.5 cm³/mol. The van der Waals surface area contributed by atoms with Gasteiger partial charge in [-0.1, -0.05) is 43.7 Å². The second kappa shape index (κ2) is 6.19. The summed E-state index contributed by atoms with van der Waals surface area (Å²) in [5.74, 6) is -0.0891. The maximum atomic E-state index is 12.7. The molecule has 0 atom stereocenters. The Labute approximate surface area is 147 Å². The highest BCUT2D eigenvalue weighted by Gasteiger charge is 2.30. The maximum Gasteiger partial charge on any atom is 0.411 e. The van der Waals surface area contributed by atoms with E-state index in [1.807, 2.05) is 26.8 Å². The summed E-state index contributed by atoms with van der Waals surface area (Å²) >= 11 is 0. The van der Waals surface area contributed by atoms with Crippen molar-refractivity contribution in [1.82, 2.24) is 0 Å². The molecule has 0 fully saturated rings. The normalized spacial score (nSPS) is 16.4. The molecule has 132 valence electrons. The molecule has 0 bridgehead atoms. The van der Waals surface area contributed by atoms with Crippen LogP contribution in [0.5, 0.6) is 0 Å². The Balaban J connectivity index is 1.95. The van der Waals surface area contributed by atoms with E-state index in [9.17, 15) is 13.2 Å². The molecule has 1 amide bonds. The Hall–Kier alpha value is -2.34. The summed E-state index contributed by atoms with van der Waals surface area (Å²) in [6.45, 7) is 6.08. The minimum absolute atomic E-state index is 0.0891. The molecule has 0 spiro atoms. The number of benzene rings is 2. The molecule has 1 heterocycles. The number of nitrogens with one attached hydrogen (secondary N) is 1. The van der Waals surface area contributed by atoms with E-state index in [-0.39, 0.29) is 12.4 Å². The van der Waals surface area contributed by atoms with Crippen LogP contribution in [-0.4, -0.2) is 21.1 Å². The zero-order valence-electron chi connectivity index (χ0n) is 14.5. The van der Waals surface area contributed by atoms with E-state index in [0.717, 1.165) is 11.1 Å². The molecule has 2 aromatic carbocycles. The number of amides is 1. The smallest absolute Gasteiger partial charge is 0.411 e. The second-order valence-electron chi connectivity index (χ2n) is 7.04. The van der Waals surface area contributed by atoms with Gasteiger partial charge in [0.1, 0.15) is 6.61 Å². The largest absolute Gasteiger partial charge is 0.448 e. The molecule has 25 heavy (non-hydrogen) atoms. The Bertz CT molecular complexity index is 915. The zero-order valence-corrected chi connectivity index (χ0v) is 15.3. The molecule has 1 N–H and O–H groups in total. The van der Waals surface area contributed by atoms with Gasteiger partial charge in [-0.3, -0.25) is 5.32 Å². The van der Waals surface area contributed by atoms with Gasteiger partial charge in [0.15, 0.2) is 9.84 Å². The van der Waals surface area contributed by atoms with Gasteiger partial charge in [0.25, 0.3) is 0 Å². The van der Waals surface area contributed by atoms with Crippen LogP contribution >= 0.6 is 0 Å². The van der Waals surface area contributed by atoms with Crippen molar-refractivity contribution in [2.45, 2.75) is 36.8 Å². The van der Waals surface area contributed by atoms with Crippen molar-refractivity contribution in [3.05, 3.63) is 59.2 Å². The molecular formula is C19H21NO4S. The van der Waals surface area contributed by atoms with Crippen LogP contribution in [0.4, 0.5) is 10.5 Å². The second-order valence-corrected chi connectivity index (χ2v) is 9.03. The number of fused-ring (bicyclic) bond motifs is 1. The third kappa shape index (κ3) is 3.69. The summed E-state index contributed by atoms with van der Waals surface area (Å²) in [7, 11) is -3.43. The third-order valence-corrected chi connectivity index (χ3v) is 6.05. The van der Waals surface area contributed by atoms with Gasteiger partial charge in [-0.15, -0.1) is 0 Å². The summed E-state index contributed by atoms with van der Waals surface area (Å²) in [5.41, 5.74) is 2.82. The molecule has 5 nitrogen and oxygen atoms in total. The van der Waals surface area contributed by atoms with Gasteiger partial charge in [0.05, 0.1) is 10.6 Å². The lowest BCUT2D eigenvalue weighted by Crippen LogP contribution is -2.23. The molecule has 0 aromatic heterocycles. The molecule has 0 saturated carbocycles. The van der Waals surface area contributed by atoms with Crippen LogP contribution in [0.15, 0.2) is 47.4 Å². The fourth-order valence-corrected chi connectivity index (χ4v) is 4.20. The maximum absolute atomic E-state index is 12.7. The van der Waals surface area contributed by atoms with E-state index in [1.54, 1.807) is 36.4 Å². The topological polar surface area (TPSA) is 72.5 Å². The van der Waals surface area contributed by atoms with E-state index < -0.39 is 21.3 Å². The first-order chi connectivity index (χ1) is 11.7. The highest BCUT2D eigenvalue weighted by atomic mass is 32.2. The number of anilines is 1. The quantitative estimate of drug-likeness (QED) is 0.904. The molecule has 1 aliphatic rings. The van der Waals surface area contributed by atoms with Crippen molar-refractivity contribution in [2.75, 3.05) is 11.9 Å². The molecular weight excluding hydrogens is 338 g/mol. The number of hydrogen-bond donors (Lipinski definition) is 1. The van der Waals surface area contributed by atoms with E-state index in [1.165, 1.54) is 0 Å². The number of rotatable bonds is 3.